The van der Waals surface area contributed by atoms with E-state index in [2.05, 4.69) is 35.1 Å². The van der Waals surface area contributed by atoms with E-state index in [0.717, 1.165) is 21.6 Å². The van der Waals surface area contributed by atoms with Gasteiger partial charge in [0.15, 0.2) is 0 Å². The SMILES string of the molecule is CC(C)(Nc1ccc(C(N)=S)c(Br)c1)C1CC1. The molecule has 1 aromatic carbocycles. The second-order valence-electron chi connectivity index (χ2n) is 5.18. The number of anilines is 1. The smallest absolute Gasteiger partial charge is 0.105 e. The molecule has 2 rings (SSSR count). The summed E-state index contributed by atoms with van der Waals surface area (Å²) in [4.78, 5) is 0.421. The molecule has 0 saturated heterocycles. The van der Waals surface area contributed by atoms with E-state index in [1.807, 2.05) is 18.2 Å². The Morgan fingerprint density at radius 3 is 2.59 bits per heavy atom. The molecule has 0 radical (unpaired) electrons. The van der Waals surface area contributed by atoms with Crippen molar-refractivity contribution in [2.24, 2.45) is 11.7 Å². The van der Waals surface area contributed by atoms with Crippen LogP contribution >= 0.6 is 28.1 Å². The van der Waals surface area contributed by atoms with Gasteiger partial charge in [0.1, 0.15) is 4.99 Å². The lowest BCUT2D eigenvalue weighted by Gasteiger charge is -2.27. The maximum absolute atomic E-state index is 5.63. The number of rotatable bonds is 4. The topological polar surface area (TPSA) is 38.0 Å². The zero-order chi connectivity index (χ0) is 12.6. The standard InChI is InChI=1S/C13H17BrN2S/c1-13(2,8-3-4-8)16-9-5-6-10(12(15)17)11(14)7-9/h5-8,16H,3-4H2,1-2H3,(H2,15,17). The Kier molecular flexibility index (Phi) is 3.46. The van der Waals surface area contributed by atoms with Gasteiger partial charge < -0.3 is 11.1 Å². The Morgan fingerprint density at radius 1 is 1.47 bits per heavy atom. The predicted molar refractivity (Wildman–Crippen MR) is 80.5 cm³/mol. The molecule has 0 aliphatic heterocycles. The number of hydrogen-bond acceptors (Lipinski definition) is 2. The molecule has 0 aromatic heterocycles. The maximum atomic E-state index is 5.63. The maximum Gasteiger partial charge on any atom is 0.105 e. The minimum Gasteiger partial charge on any atom is -0.389 e. The van der Waals surface area contributed by atoms with Crippen molar-refractivity contribution in [3.63, 3.8) is 0 Å². The first-order valence-electron chi connectivity index (χ1n) is 5.77. The van der Waals surface area contributed by atoms with Crippen LogP contribution in [0.5, 0.6) is 0 Å². The average molecular weight is 313 g/mol. The van der Waals surface area contributed by atoms with Crippen LogP contribution in [-0.2, 0) is 0 Å². The van der Waals surface area contributed by atoms with Gasteiger partial charge in [-0.2, -0.15) is 0 Å². The number of nitrogens with two attached hydrogens (primary N) is 1. The lowest BCUT2D eigenvalue weighted by molar-refractivity contribution is 0.494. The number of nitrogens with one attached hydrogen (secondary N) is 1. The molecular weight excluding hydrogens is 296 g/mol. The minimum atomic E-state index is 0.157. The van der Waals surface area contributed by atoms with Crippen LogP contribution in [0.25, 0.3) is 0 Å². The molecule has 0 heterocycles. The Labute approximate surface area is 116 Å². The zero-order valence-corrected chi connectivity index (χ0v) is 12.5. The van der Waals surface area contributed by atoms with Crippen molar-refractivity contribution in [3.05, 3.63) is 28.2 Å². The Balaban J connectivity index is 2.17. The molecule has 1 aliphatic carbocycles. The molecule has 2 nitrogen and oxygen atoms in total. The quantitative estimate of drug-likeness (QED) is 0.833. The first-order valence-corrected chi connectivity index (χ1v) is 6.98. The van der Waals surface area contributed by atoms with Gasteiger partial charge in [-0.05, 0) is 66.7 Å². The highest BCUT2D eigenvalue weighted by molar-refractivity contribution is 9.10. The largest absolute Gasteiger partial charge is 0.389 e. The third kappa shape index (κ3) is 2.99. The molecule has 3 N–H and O–H groups in total. The van der Waals surface area contributed by atoms with Gasteiger partial charge in [0.2, 0.25) is 0 Å². The molecule has 92 valence electrons. The van der Waals surface area contributed by atoms with Gasteiger partial charge in [-0.25, -0.2) is 0 Å². The van der Waals surface area contributed by atoms with Gasteiger partial charge in [0, 0.05) is 21.3 Å². The van der Waals surface area contributed by atoms with Crippen molar-refractivity contribution in [1.82, 2.24) is 0 Å². The van der Waals surface area contributed by atoms with Crippen molar-refractivity contribution in [2.75, 3.05) is 5.32 Å². The van der Waals surface area contributed by atoms with Gasteiger partial charge >= 0.3 is 0 Å². The number of hydrogen-bond donors (Lipinski definition) is 2. The van der Waals surface area contributed by atoms with E-state index in [1.165, 1.54) is 12.8 Å². The highest BCUT2D eigenvalue weighted by atomic mass is 79.9. The Hall–Kier alpha value is -0.610. The lowest BCUT2D eigenvalue weighted by Crippen LogP contribution is -2.33. The van der Waals surface area contributed by atoms with E-state index in [4.69, 9.17) is 18.0 Å². The van der Waals surface area contributed by atoms with Crippen LogP contribution in [0, 0.1) is 5.92 Å². The fourth-order valence-electron chi connectivity index (χ4n) is 2.07. The zero-order valence-electron chi connectivity index (χ0n) is 10.1. The summed E-state index contributed by atoms with van der Waals surface area (Å²) in [7, 11) is 0. The first-order chi connectivity index (χ1) is 7.90. The molecule has 0 bridgehead atoms. The average Bonchev–Trinajstić information content (AvgIpc) is 2.98. The molecule has 0 spiro atoms. The monoisotopic (exact) mass is 312 g/mol. The van der Waals surface area contributed by atoms with E-state index < -0.39 is 0 Å². The molecule has 1 saturated carbocycles. The highest BCUT2D eigenvalue weighted by Gasteiger charge is 2.37. The summed E-state index contributed by atoms with van der Waals surface area (Å²) in [6, 6.07) is 6.03. The van der Waals surface area contributed by atoms with Crippen molar-refractivity contribution >= 4 is 38.8 Å². The summed E-state index contributed by atoms with van der Waals surface area (Å²) in [6.07, 6.45) is 2.65. The second-order valence-corrected chi connectivity index (χ2v) is 6.47. The normalized spacial score (nSPS) is 15.7. The van der Waals surface area contributed by atoms with E-state index in [0.29, 0.717) is 4.99 Å². The highest BCUT2D eigenvalue weighted by Crippen LogP contribution is 2.41. The summed E-state index contributed by atoms with van der Waals surface area (Å²) < 4.78 is 0.946. The van der Waals surface area contributed by atoms with Crippen LogP contribution in [0.15, 0.2) is 22.7 Å². The molecule has 1 fully saturated rings. The van der Waals surface area contributed by atoms with Crippen LogP contribution in [0.1, 0.15) is 32.3 Å². The fraction of sp³-hybridized carbons (Fsp3) is 0.462. The minimum absolute atomic E-state index is 0.157. The summed E-state index contributed by atoms with van der Waals surface area (Å²) in [5, 5.41) is 3.57. The van der Waals surface area contributed by atoms with E-state index >= 15 is 0 Å². The molecule has 0 atom stereocenters. The number of thiocarbonyl (C=S) groups is 1. The molecule has 0 amide bonds. The Bertz CT molecular complexity index is 453. The second kappa shape index (κ2) is 4.58. The van der Waals surface area contributed by atoms with E-state index in [-0.39, 0.29) is 5.54 Å². The van der Waals surface area contributed by atoms with Gasteiger partial charge in [-0.3, -0.25) is 0 Å². The van der Waals surface area contributed by atoms with Crippen molar-refractivity contribution < 1.29 is 0 Å². The van der Waals surface area contributed by atoms with Crippen LogP contribution < -0.4 is 11.1 Å². The molecule has 1 aromatic rings. The fourth-order valence-corrected chi connectivity index (χ4v) is 2.97. The van der Waals surface area contributed by atoms with Gasteiger partial charge in [-0.15, -0.1) is 0 Å². The van der Waals surface area contributed by atoms with Crippen LogP contribution in [0.2, 0.25) is 0 Å². The molecule has 17 heavy (non-hydrogen) atoms. The third-order valence-electron chi connectivity index (χ3n) is 3.30. The van der Waals surface area contributed by atoms with E-state index in [9.17, 15) is 0 Å². The number of benzene rings is 1. The van der Waals surface area contributed by atoms with Gasteiger partial charge in [0.05, 0.1) is 0 Å². The Morgan fingerprint density at radius 2 is 2.12 bits per heavy atom. The third-order valence-corrected chi connectivity index (χ3v) is 4.18. The molecular formula is C13H17BrN2S. The first kappa shape index (κ1) is 12.8. The van der Waals surface area contributed by atoms with Crippen LogP contribution in [0.3, 0.4) is 0 Å². The predicted octanol–water partition coefficient (Wildman–Crippen LogP) is 3.68. The van der Waals surface area contributed by atoms with Crippen LogP contribution in [-0.4, -0.2) is 10.5 Å². The van der Waals surface area contributed by atoms with Crippen LogP contribution in [0.4, 0.5) is 5.69 Å². The van der Waals surface area contributed by atoms with Crippen molar-refractivity contribution in [2.45, 2.75) is 32.2 Å². The van der Waals surface area contributed by atoms with Gasteiger partial charge in [-0.1, -0.05) is 12.2 Å². The number of halogens is 1. The van der Waals surface area contributed by atoms with E-state index in [1.54, 1.807) is 0 Å². The molecule has 0 unspecified atom stereocenters. The van der Waals surface area contributed by atoms with Crippen molar-refractivity contribution in [3.8, 4) is 0 Å². The lowest BCUT2D eigenvalue weighted by atomic mass is 9.98. The van der Waals surface area contributed by atoms with Gasteiger partial charge in [0.25, 0.3) is 0 Å². The summed E-state index contributed by atoms with van der Waals surface area (Å²) in [5.41, 5.74) is 7.78. The molecule has 1 aliphatic rings. The summed E-state index contributed by atoms with van der Waals surface area (Å²) in [6.45, 7) is 4.50. The summed E-state index contributed by atoms with van der Waals surface area (Å²) >= 11 is 8.48. The molecule has 4 heteroatoms. The van der Waals surface area contributed by atoms with Crippen molar-refractivity contribution in [1.29, 1.82) is 0 Å². The summed E-state index contributed by atoms with van der Waals surface area (Å²) in [5.74, 6) is 0.788.